The molecule has 148 valence electrons. The summed E-state index contributed by atoms with van der Waals surface area (Å²) in [5.74, 6) is 0.170. The molecule has 0 radical (unpaired) electrons. The van der Waals surface area contributed by atoms with Gasteiger partial charge in [0.1, 0.15) is 5.75 Å². The van der Waals surface area contributed by atoms with Crippen molar-refractivity contribution in [2.45, 2.75) is 42.8 Å². The summed E-state index contributed by atoms with van der Waals surface area (Å²) in [6.45, 7) is 2.40. The summed E-state index contributed by atoms with van der Waals surface area (Å²) in [6, 6.07) is 14.7. The minimum atomic E-state index is -0.290. The Labute approximate surface area is 170 Å². The lowest BCUT2D eigenvalue weighted by Crippen LogP contribution is -2.32. The van der Waals surface area contributed by atoms with Gasteiger partial charge in [0.05, 0.1) is 13.2 Å². The van der Waals surface area contributed by atoms with Crippen LogP contribution >= 0.6 is 11.8 Å². The first-order valence-electron chi connectivity index (χ1n) is 9.71. The van der Waals surface area contributed by atoms with Crippen LogP contribution in [0.25, 0.3) is 0 Å². The zero-order valence-corrected chi connectivity index (χ0v) is 16.9. The quantitative estimate of drug-likeness (QED) is 0.688. The predicted octanol–water partition coefficient (Wildman–Crippen LogP) is 4.49. The molecule has 2 aromatic rings. The van der Waals surface area contributed by atoms with E-state index in [1.807, 2.05) is 43.0 Å². The number of rotatable bonds is 8. The number of hydrogen-bond acceptors (Lipinski definition) is 4. The Morgan fingerprint density at radius 1 is 1.04 bits per heavy atom. The number of hydrogen-bond donors (Lipinski definition) is 2. The van der Waals surface area contributed by atoms with E-state index in [0.717, 1.165) is 10.9 Å². The average Bonchev–Trinajstić information content (AvgIpc) is 3.21. The van der Waals surface area contributed by atoms with Gasteiger partial charge in [0.25, 0.3) is 5.91 Å². The molecule has 0 atom stereocenters. The molecule has 2 amide bonds. The molecule has 1 aliphatic rings. The normalized spacial score (nSPS) is 13.9. The number of carbonyl (C=O) groups excluding carboxylic acids is 2. The van der Waals surface area contributed by atoms with E-state index in [1.54, 1.807) is 24.3 Å². The summed E-state index contributed by atoms with van der Waals surface area (Å²) >= 11 is 1.92. The van der Waals surface area contributed by atoms with Crippen molar-refractivity contribution >= 4 is 29.3 Å². The Morgan fingerprint density at radius 2 is 1.71 bits per heavy atom. The van der Waals surface area contributed by atoms with Crippen LogP contribution in [0, 0.1) is 0 Å². The van der Waals surface area contributed by atoms with Crippen LogP contribution in [0.5, 0.6) is 5.75 Å². The zero-order valence-electron chi connectivity index (χ0n) is 16.1. The number of thioether (sulfide) groups is 1. The molecule has 0 heterocycles. The molecule has 0 bridgehead atoms. The van der Waals surface area contributed by atoms with E-state index < -0.39 is 0 Å². The van der Waals surface area contributed by atoms with Gasteiger partial charge in [-0.2, -0.15) is 0 Å². The van der Waals surface area contributed by atoms with E-state index in [1.165, 1.54) is 30.6 Å². The summed E-state index contributed by atoms with van der Waals surface area (Å²) in [6.07, 6.45) is 5.23. The Balaban J connectivity index is 1.43. The molecule has 0 spiro atoms. The highest BCUT2D eigenvalue weighted by Gasteiger charge is 2.16. The van der Waals surface area contributed by atoms with Crippen LogP contribution in [-0.4, -0.2) is 30.2 Å². The van der Waals surface area contributed by atoms with Gasteiger partial charge in [0, 0.05) is 21.4 Å². The van der Waals surface area contributed by atoms with Crippen molar-refractivity contribution in [3.63, 3.8) is 0 Å². The first kappa shape index (κ1) is 20.3. The minimum absolute atomic E-state index is 0.0787. The molecular formula is C22H26N2O3S. The van der Waals surface area contributed by atoms with Gasteiger partial charge in [-0.05, 0) is 68.3 Å². The Kier molecular flexibility index (Phi) is 7.37. The third-order valence-corrected chi connectivity index (χ3v) is 5.93. The number of anilines is 1. The molecule has 0 saturated heterocycles. The van der Waals surface area contributed by atoms with Crippen LogP contribution in [0.4, 0.5) is 5.69 Å². The van der Waals surface area contributed by atoms with Crippen molar-refractivity contribution in [3.05, 3.63) is 54.1 Å². The Hall–Kier alpha value is -2.47. The predicted molar refractivity (Wildman–Crippen MR) is 113 cm³/mol. The first-order chi connectivity index (χ1) is 13.6. The van der Waals surface area contributed by atoms with E-state index in [9.17, 15) is 9.59 Å². The summed E-state index contributed by atoms with van der Waals surface area (Å²) in [4.78, 5) is 25.5. The summed E-state index contributed by atoms with van der Waals surface area (Å²) in [5, 5.41) is 6.17. The molecule has 0 aromatic heterocycles. The fraction of sp³-hybridized carbons (Fsp3) is 0.364. The molecule has 6 heteroatoms. The molecule has 2 N–H and O–H groups in total. The topological polar surface area (TPSA) is 67.4 Å². The van der Waals surface area contributed by atoms with Crippen LogP contribution in [0.1, 0.15) is 43.0 Å². The van der Waals surface area contributed by atoms with Gasteiger partial charge >= 0.3 is 0 Å². The third kappa shape index (κ3) is 6.02. The molecule has 3 rings (SSSR count). The van der Waals surface area contributed by atoms with Crippen LogP contribution in [0.2, 0.25) is 0 Å². The van der Waals surface area contributed by atoms with Gasteiger partial charge in [0.2, 0.25) is 5.91 Å². The summed E-state index contributed by atoms with van der Waals surface area (Å²) < 4.78 is 5.35. The second kappa shape index (κ2) is 10.2. The summed E-state index contributed by atoms with van der Waals surface area (Å²) in [5.41, 5.74) is 1.22. The van der Waals surface area contributed by atoms with Crippen molar-refractivity contribution in [2.75, 3.05) is 18.5 Å². The van der Waals surface area contributed by atoms with Crippen molar-refractivity contribution in [2.24, 2.45) is 0 Å². The van der Waals surface area contributed by atoms with Crippen LogP contribution in [-0.2, 0) is 4.79 Å². The number of nitrogens with one attached hydrogen (secondary N) is 2. The molecule has 1 fully saturated rings. The average molecular weight is 399 g/mol. The highest BCUT2D eigenvalue weighted by Crippen LogP contribution is 2.34. The third-order valence-electron chi connectivity index (χ3n) is 4.58. The maximum absolute atomic E-state index is 12.1. The number of benzene rings is 2. The van der Waals surface area contributed by atoms with Gasteiger partial charge in [-0.3, -0.25) is 9.59 Å². The maximum Gasteiger partial charge on any atom is 0.251 e. The molecule has 1 saturated carbocycles. The molecule has 28 heavy (non-hydrogen) atoms. The second-order valence-corrected chi connectivity index (χ2v) is 8.11. The van der Waals surface area contributed by atoms with Crippen molar-refractivity contribution in [3.8, 4) is 5.75 Å². The molecule has 1 aliphatic carbocycles. The highest BCUT2D eigenvalue weighted by molar-refractivity contribution is 8.00. The SMILES string of the molecule is CCOc1ccc(C(=O)NCC(=O)Nc2ccc(SC3CCCC3)cc2)cc1. The van der Waals surface area contributed by atoms with Gasteiger partial charge in [-0.25, -0.2) is 0 Å². The standard InChI is InChI=1S/C22H26N2O3S/c1-2-27-18-11-7-16(8-12-18)22(26)23-15-21(25)24-17-9-13-20(14-10-17)28-19-5-3-4-6-19/h7-14,19H,2-6,15H2,1H3,(H,23,26)(H,24,25). The van der Waals surface area contributed by atoms with Crippen molar-refractivity contribution in [1.29, 1.82) is 0 Å². The fourth-order valence-corrected chi connectivity index (χ4v) is 4.40. The van der Waals surface area contributed by atoms with Gasteiger partial charge in [-0.15, -0.1) is 11.8 Å². The zero-order chi connectivity index (χ0) is 19.8. The summed E-state index contributed by atoms with van der Waals surface area (Å²) in [7, 11) is 0. The maximum atomic E-state index is 12.1. The van der Waals surface area contributed by atoms with Crippen LogP contribution < -0.4 is 15.4 Å². The van der Waals surface area contributed by atoms with E-state index >= 15 is 0 Å². The van der Waals surface area contributed by atoms with Crippen molar-refractivity contribution in [1.82, 2.24) is 5.32 Å². The largest absolute Gasteiger partial charge is 0.494 e. The number of ether oxygens (including phenoxy) is 1. The lowest BCUT2D eigenvalue weighted by atomic mass is 10.2. The Bertz CT molecular complexity index is 784. The lowest BCUT2D eigenvalue weighted by Gasteiger charge is -2.10. The first-order valence-corrected chi connectivity index (χ1v) is 10.6. The smallest absolute Gasteiger partial charge is 0.251 e. The van der Waals surface area contributed by atoms with E-state index in [0.29, 0.717) is 17.9 Å². The van der Waals surface area contributed by atoms with E-state index in [4.69, 9.17) is 4.74 Å². The fourth-order valence-electron chi connectivity index (χ4n) is 3.15. The van der Waals surface area contributed by atoms with E-state index in [2.05, 4.69) is 10.6 Å². The minimum Gasteiger partial charge on any atom is -0.494 e. The molecular weight excluding hydrogens is 372 g/mol. The Morgan fingerprint density at radius 3 is 2.36 bits per heavy atom. The number of amides is 2. The molecule has 2 aromatic carbocycles. The van der Waals surface area contributed by atoms with Crippen molar-refractivity contribution < 1.29 is 14.3 Å². The number of carbonyl (C=O) groups is 2. The molecule has 5 nitrogen and oxygen atoms in total. The highest BCUT2D eigenvalue weighted by atomic mass is 32.2. The van der Waals surface area contributed by atoms with Crippen LogP contribution in [0.3, 0.4) is 0 Å². The monoisotopic (exact) mass is 398 g/mol. The van der Waals surface area contributed by atoms with Crippen LogP contribution in [0.15, 0.2) is 53.4 Å². The van der Waals surface area contributed by atoms with Gasteiger partial charge in [0.15, 0.2) is 0 Å². The molecule has 0 unspecified atom stereocenters. The molecule has 0 aliphatic heterocycles. The second-order valence-electron chi connectivity index (χ2n) is 6.74. The van der Waals surface area contributed by atoms with E-state index in [-0.39, 0.29) is 18.4 Å². The van der Waals surface area contributed by atoms with Gasteiger partial charge < -0.3 is 15.4 Å². The van der Waals surface area contributed by atoms with Gasteiger partial charge in [-0.1, -0.05) is 12.8 Å². The lowest BCUT2D eigenvalue weighted by molar-refractivity contribution is -0.115.